The zero-order chi connectivity index (χ0) is 92.4. The van der Waals surface area contributed by atoms with Crippen LogP contribution in [0.15, 0.2) is 453 Å². The van der Waals surface area contributed by atoms with Gasteiger partial charge in [0.1, 0.15) is 11.2 Å². The highest BCUT2D eigenvalue weighted by atomic mass is 32.1. The number of fused-ring (bicyclic) bond motifs is 30. The lowest BCUT2D eigenvalue weighted by Gasteiger charge is -2.11. The number of aromatic nitrogens is 10. The van der Waals surface area contributed by atoms with Crippen molar-refractivity contribution in [2.24, 2.45) is 0 Å². The zero-order valence-corrected chi connectivity index (χ0v) is 78.5. The molecular weight excluding hydrogens is 1800 g/mol. The van der Waals surface area contributed by atoms with Gasteiger partial charge in [0.25, 0.3) is 0 Å². The van der Waals surface area contributed by atoms with Crippen LogP contribution >= 0.6 is 45.3 Å². The topological polar surface area (TPSA) is 110 Å². The summed E-state index contributed by atoms with van der Waals surface area (Å²) in [4.78, 5) is 31.1. The lowest BCUT2D eigenvalue weighted by Crippen LogP contribution is -1.97. The number of hydrogen-bond acceptors (Lipinski definition) is 11. The van der Waals surface area contributed by atoms with Crippen LogP contribution < -0.4 is 0 Å². The Morgan fingerprint density at radius 1 is 0.170 bits per heavy atom. The Kier molecular flexibility index (Phi) is 18.6. The second-order valence-corrected chi connectivity index (χ2v) is 40.0. The second kappa shape index (κ2) is 32.5. The monoisotopic (exact) mass is 1870 g/mol. The molecule has 11 nitrogen and oxygen atoms in total. The van der Waals surface area contributed by atoms with Crippen molar-refractivity contribution in [1.29, 1.82) is 0 Å². The lowest BCUT2D eigenvalue weighted by atomic mass is 10.1. The number of furan rings is 1. The highest BCUT2D eigenvalue weighted by Gasteiger charge is 2.28. The minimum Gasteiger partial charge on any atom is -0.456 e. The third kappa shape index (κ3) is 12.9. The summed E-state index contributed by atoms with van der Waals surface area (Å²) in [6.45, 7) is 0. The van der Waals surface area contributed by atoms with Crippen molar-refractivity contribution in [2.45, 2.75) is 0 Å². The summed E-state index contributed by atoms with van der Waals surface area (Å²) in [7, 11) is 0. The first-order valence-electron chi connectivity index (χ1n) is 47.2. The van der Waals surface area contributed by atoms with Crippen LogP contribution in [0, 0.1) is 0 Å². The first-order valence-corrected chi connectivity index (χ1v) is 50.5. The molecule has 0 spiro atoms. The number of para-hydroxylation sites is 6. The second-order valence-electron chi connectivity index (χ2n) is 35.7. The Hall–Kier alpha value is -17.7. The molecule has 19 aromatic carbocycles. The van der Waals surface area contributed by atoms with Crippen LogP contribution in [0.4, 0.5) is 0 Å². The molecule has 0 atom stereocenters. The molecule has 0 saturated heterocycles. The summed E-state index contributed by atoms with van der Waals surface area (Å²) in [6.07, 6.45) is 0. The first-order chi connectivity index (χ1) is 69.9. The molecule has 12 heterocycles. The van der Waals surface area contributed by atoms with E-state index in [2.05, 4.69) is 437 Å². The SMILES string of the molecule is c1ccc(-c2nc(-c3ccc(-n4c5ccccc5c5ccc6c(c7ccccc7n6-c6ccccc6)c54)cc3)nc3c2sc2ccccc23)cc1.c1ccc(-c2nc(-c3ccc(-n4c5ccccc5c5ccc6oc7ccccc7c6c54)cc3)nc3c2sc2ccccc23)cc1.c1ccc(-c2nc(-c3ccc(-n4c5ccccc5c5ccc6sc7ccccc7c6c54)cc3)nc3c2sc2ccccc23)cc1. The Labute approximate surface area is 821 Å². The quantitative estimate of drug-likeness (QED) is 0.134. The van der Waals surface area contributed by atoms with Gasteiger partial charge in [0, 0.05) is 155 Å². The summed E-state index contributed by atoms with van der Waals surface area (Å²) in [6, 6.07) is 159. The van der Waals surface area contributed by atoms with Gasteiger partial charge < -0.3 is 22.7 Å². The zero-order valence-electron chi connectivity index (χ0n) is 75.2. The van der Waals surface area contributed by atoms with Crippen molar-refractivity contribution < 1.29 is 4.42 Å². The number of hydrogen-bond donors (Lipinski definition) is 0. The Morgan fingerprint density at radius 2 is 0.482 bits per heavy atom. The van der Waals surface area contributed by atoms with Gasteiger partial charge in [0.05, 0.1) is 97.3 Å². The van der Waals surface area contributed by atoms with Gasteiger partial charge in [-0.25, -0.2) is 29.9 Å². The van der Waals surface area contributed by atoms with Crippen LogP contribution in [0.3, 0.4) is 0 Å². The minimum absolute atomic E-state index is 0.724. The van der Waals surface area contributed by atoms with E-state index in [-0.39, 0.29) is 0 Å². The molecule has 0 aliphatic carbocycles. The van der Waals surface area contributed by atoms with E-state index in [9.17, 15) is 0 Å². The maximum atomic E-state index is 6.30. The Morgan fingerprint density at radius 3 is 0.908 bits per heavy atom. The van der Waals surface area contributed by atoms with Gasteiger partial charge in [-0.3, -0.25) is 0 Å². The number of nitrogens with zero attached hydrogens (tertiary/aromatic N) is 10. The molecule has 0 radical (unpaired) electrons. The molecule has 31 aromatic rings. The average Bonchev–Trinajstić information content (AvgIpc) is 1.57. The van der Waals surface area contributed by atoms with Gasteiger partial charge in [0.2, 0.25) is 0 Å². The predicted octanol–water partition coefficient (Wildman–Crippen LogP) is 35.2. The van der Waals surface area contributed by atoms with Crippen LogP contribution in [-0.2, 0) is 0 Å². The van der Waals surface area contributed by atoms with Crippen molar-refractivity contribution in [3.63, 3.8) is 0 Å². The van der Waals surface area contributed by atoms with Gasteiger partial charge >= 0.3 is 0 Å². The largest absolute Gasteiger partial charge is 0.456 e. The maximum absolute atomic E-state index is 6.30. The van der Waals surface area contributed by atoms with Crippen molar-refractivity contribution in [1.82, 2.24) is 48.2 Å². The molecule has 31 rings (SSSR count). The summed E-state index contributed by atoms with van der Waals surface area (Å²) in [5.41, 5.74) is 28.0. The fourth-order valence-corrected chi connectivity index (χ4v) is 26.1. The maximum Gasteiger partial charge on any atom is 0.160 e. The normalized spacial score (nSPS) is 12.0. The molecule has 12 aromatic heterocycles. The summed E-state index contributed by atoms with van der Waals surface area (Å²) in [5.74, 6) is 2.19. The first kappa shape index (κ1) is 80.6. The van der Waals surface area contributed by atoms with E-state index in [1.54, 1.807) is 34.0 Å². The highest BCUT2D eigenvalue weighted by molar-refractivity contribution is 7.27. The smallest absolute Gasteiger partial charge is 0.160 e. The molecule has 0 saturated carbocycles. The number of thiophene rings is 4. The molecule has 0 N–H and O–H groups in total. The predicted molar refractivity (Wildman–Crippen MR) is 595 cm³/mol. The molecule has 658 valence electrons. The number of rotatable bonds is 10. The molecule has 0 fully saturated rings. The number of benzene rings is 19. The van der Waals surface area contributed by atoms with Crippen molar-refractivity contribution >= 4 is 236 Å². The van der Waals surface area contributed by atoms with Gasteiger partial charge in [-0.15, -0.1) is 45.3 Å². The Balaban J connectivity index is 0.000000102. The van der Waals surface area contributed by atoms with Crippen LogP contribution in [0.2, 0.25) is 0 Å². The molecule has 15 heteroatoms. The summed E-state index contributed by atoms with van der Waals surface area (Å²) < 4.78 is 25.6. The molecule has 0 aliphatic heterocycles. The molecule has 0 unspecified atom stereocenters. The van der Waals surface area contributed by atoms with Crippen LogP contribution in [0.1, 0.15) is 0 Å². The summed E-state index contributed by atoms with van der Waals surface area (Å²) in [5, 5.41) is 18.3. The van der Waals surface area contributed by atoms with E-state index in [1.165, 1.54) is 121 Å². The van der Waals surface area contributed by atoms with E-state index < -0.39 is 0 Å². The average molecular weight is 1870 g/mol. The summed E-state index contributed by atoms with van der Waals surface area (Å²) >= 11 is 7.15. The van der Waals surface area contributed by atoms with E-state index in [1.807, 2.05) is 41.7 Å². The van der Waals surface area contributed by atoms with Crippen molar-refractivity contribution in [3.8, 4) is 90.7 Å². The van der Waals surface area contributed by atoms with E-state index >= 15 is 0 Å². The molecule has 0 bridgehead atoms. The third-order valence-electron chi connectivity index (χ3n) is 27.8. The van der Waals surface area contributed by atoms with Gasteiger partial charge in [-0.05, 0) is 164 Å². The fourth-order valence-electron chi connectivity index (χ4n) is 21.5. The fraction of sp³-hybridized carbons (Fsp3) is 0. The molecule has 141 heavy (non-hydrogen) atoms. The van der Waals surface area contributed by atoms with Crippen molar-refractivity contribution in [2.75, 3.05) is 0 Å². The van der Waals surface area contributed by atoms with Gasteiger partial charge in [-0.1, -0.05) is 285 Å². The third-order valence-corrected chi connectivity index (χ3v) is 32.4. The van der Waals surface area contributed by atoms with E-state index in [4.69, 9.17) is 34.3 Å². The van der Waals surface area contributed by atoms with E-state index in [0.29, 0.717) is 0 Å². The van der Waals surface area contributed by atoms with E-state index in [0.717, 1.165) is 160 Å². The highest BCUT2D eigenvalue weighted by Crippen LogP contribution is 2.50. The lowest BCUT2D eigenvalue weighted by molar-refractivity contribution is 0.669. The molecular formula is C126H74N10OS4. The molecule has 0 amide bonds. The van der Waals surface area contributed by atoms with Crippen molar-refractivity contribution in [3.05, 3.63) is 449 Å². The molecule has 0 aliphatic rings. The Bertz CT molecular complexity index is 10100. The standard InChI is InChI=1S/C46H28N4S.C40H23N3OS.C40H23N3S2/c1-3-13-29(14-4-1)42-45-43(36-19-9-12-22-40(36)51-45)48-46(47-42)30-23-25-32(26-24-30)50-37-20-10-7-17-33(37)34-27-28-39-41(44(34)50)35-18-8-11-21-38(35)49(39)31-15-5-2-6-16-31;1-2-10-24(11-3-1)36-39-37(30-14-6-9-17-34(30)45-39)42-40(41-36)25-18-20-26(21-19-25)43-31-15-7-4-12-27(31)28-22-23-33-35(38(28)43)29-13-5-8-16-32(29)44-33;1-2-10-24(11-3-1)36-39-37(30-14-6-9-17-33(30)45-39)42-40(41-36)25-18-20-26(21-19-25)43-31-15-7-4-12-27(31)28-22-23-34-35(38(28)43)29-13-5-8-16-32(29)44-34/h1-28H;2*1-23H. The minimum atomic E-state index is 0.724. The van der Waals surface area contributed by atoms with Crippen LogP contribution in [-0.4, -0.2) is 48.2 Å². The van der Waals surface area contributed by atoms with Crippen LogP contribution in [0.5, 0.6) is 0 Å². The van der Waals surface area contributed by atoms with Gasteiger partial charge in [-0.2, -0.15) is 0 Å². The van der Waals surface area contributed by atoms with Gasteiger partial charge in [0.15, 0.2) is 17.5 Å². The van der Waals surface area contributed by atoms with Crippen LogP contribution in [0.25, 0.3) is 281 Å².